The first-order valence-corrected chi connectivity index (χ1v) is 15.2. The van der Waals surface area contributed by atoms with Gasteiger partial charge in [-0.3, -0.25) is 19.2 Å². The summed E-state index contributed by atoms with van der Waals surface area (Å²) in [5.74, 6) is -3.61. The summed E-state index contributed by atoms with van der Waals surface area (Å²) in [6.45, 7) is 0.933. The number of aryl methyl sites for hydroxylation is 1. The van der Waals surface area contributed by atoms with E-state index in [9.17, 15) is 27.2 Å². The maximum absolute atomic E-state index is 14.2. The Balaban J connectivity index is 0.000000540. The summed E-state index contributed by atoms with van der Waals surface area (Å²) in [5, 5.41) is 12.4. The number of hydrogen-bond donors (Lipinski definition) is 3. The number of carboxylic acid groups (broad SMARTS) is 1. The van der Waals surface area contributed by atoms with Crippen molar-refractivity contribution in [1.29, 1.82) is 0 Å². The predicted octanol–water partition coefficient (Wildman–Crippen LogP) is 4.94. The molecule has 7 rings (SSSR count). The third-order valence-electron chi connectivity index (χ3n) is 9.13. The molecule has 1 saturated heterocycles. The number of hydrogen-bond acceptors (Lipinski definition) is 6. The van der Waals surface area contributed by atoms with Crippen molar-refractivity contribution in [3.05, 3.63) is 90.1 Å². The summed E-state index contributed by atoms with van der Waals surface area (Å²) >= 11 is 0. The first-order chi connectivity index (χ1) is 23.2. The molecule has 49 heavy (non-hydrogen) atoms. The molecule has 2 aliphatic rings. The highest BCUT2D eigenvalue weighted by Crippen LogP contribution is 2.53. The predicted molar refractivity (Wildman–Crippen MR) is 172 cm³/mol. The zero-order valence-electron chi connectivity index (χ0n) is 26.3. The van der Waals surface area contributed by atoms with Gasteiger partial charge in [0.2, 0.25) is 11.8 Å². The van der Waals surface area contributed by atoms with Crippen LogP contribution in [0.25, 0.3) is 33.4 Å². The largest absolute Gasteiger partial charge is 0.490 e. The summed E-state index contributed by atoms with van der Waals surface area (Å²) in [5.41, 5.74) is 12.0. The number of aliphatic carboxylic acids is 1. The monoisotopic (exact) mass is 677 g/mol. The van der Waals surface area contributed by atoms with Crippen LogP contribution in [0.15, 0.2) is 73.2 Å². The minimum Gasteiger partial charge on any atom is -0.475 e. The molecule has 2 amide bonds. The number of nitrogens with zero attached hydrogens (tertiary/aromatic N) is 5. The van der Waals surface area contributed by atoms with E-state index in [-0.39, 0.29) is 11.7 Å². The lowest BCUT2D eigenvalue weighted by atomic mass is 9.72. The van der Waals surface area contributed by atoms with Crippen LogP contribution in [0.1, 0.15) is 30.0 Å². The molecule has 1 atom stereocenters. The number of likely N-dealkylation sites (tertiary alicyclic amines) is 1. The highest BCUT2D eigenvalue weighted by molar-refractivity contribution is 6.16. The third kappa shape index (κ3) is 5.90. The van der Waals surface area contributed by atoms with Crippen molar-refractivity contribution in [1.82, 2.24) is 24.6 Å². The number of pyridine rings is 1. The summed E-state index contributed by atoms with van der Waals surface area (Å²) in [6.07, 6.45) is 1.47. The molecule has 2 aliphatic heterocycles. The van der Waals surface area contributed by atoms with E-state index in [1.54, 1.807) is 35.0 Å². The van der Waals surface area contributed by atoms with Crippen molar-refractivity contribution >= 4 is 34.5 Å². The van der Waals surface area contributed by atoms with Crippen LogP contribution in [0.3, 0.4) is 0 Å². The van der Waals surface area contributed by atoms with Gasteiger partial charge >= 0.3 is 12.1 Å². The summed E-state index contributed by atoms with van der Waals surface area (Å²) in [4.78, 5) is 47.7. The fraction of sp³-hybridized carbons (Fsp3) is 0.265. The van der Waals surface area contributed by atoms with E-state index in [2.05, 4.69) is 22.2 Å². The molecule has 0 aliphatic carbocycles. The molecule has 1 spiro atoms. The lowest BCUT2D eigenvalue weighted by Crippen LogP contribution is -2.50. The number of rotatable bonds is 5. The number of anilines is 1. The van der Waals surface area contributed by atoms with Crippen LogP contribution in [-0.2, 0) is 26.8 Å². The van der Waals surface area contributed by atoms with Gasteiger partial charge in [-0.1, -0.05) is 42.5 Å². The first kappa shape index (κ1) is 33.3. The van der Waals surface area contributed by atoms with Crippen molar-refractivity contribution in [2.24, 2.45) is 12.8 Å². The Morgan fingerprint density at radius 2 is 1.63 bits per heavy atom. The van der Waals surface area contributed by atoms with Crippen LogP contribution < -0.4 is 10.6 Å². The summed E-state index contributed by atoms with van der Waals surface area (Å²) in [7, 11) is 3.68. The Kier molecular flexibility index (Phi) is 8.48. The Labute approximate surface area is 276 Å². The second-order valence-corrected chi connectivity index (χ2v) is 12.0. The fourth-order valence-corrected chi connectivity index (χ4v) is 6.91. The average Bonchev–Trinajstić information content (AvgIpc) is 3.73. The van der Waals surface area contributed by atoms with Crippen LogP contribution in [0.2, 0.25) is 0 Å². The van der Waals surface area contributed by atoms with E-state index in [1.165, 1.54) is 12.1 Å². The minimum atomic E-state index is -5.08. The number of alkyl halides is 3. The van der Waals surface area contributed by atoms with E-state index < -0.39 is 29.5 Å². The Morgan fingerprint density at radius 3 is 2.18 bits per heavy atom. The van der Waals surface area contributed by atoms with Gasteiger partial charge < -0.3 is 20.7 Å². The highest BCUT2D eigenvalue weighted by atomic mass is 19.4. The quantitative estimate of drug-likeness (QED) is 0.223. The molecule has 1 fully saturated rings. The molecule has 5 heterocycles. The smallest absolute Gasteiger partial charge is 0.475 e. The number of carbonyl (C=O) groups is 3. The molecular formula is C34H31F4N7O4. The van der Waals surface area contributed by atoms with E-state index in [0.29, 0.717) is 37.1 Å². The molecule has 4 N–H and O–H groups in total. The highest BCUT2D eigenvalue weighted by Gasteiger charge is 2.53. The molecule has 2 aromatic carbocycles. The molecule has 11 nitrogen and oxygen atoms in total. The number of nitrogens with one attached hydrogen (secondary N) is 1. The van der Waals surface area contributed by atoms with Crippen molar-refractivity contribution in [3.8, 4) is 22.4 Å². The number of amides is 2. The van der Waals surface area contributed by atoms with E-state index >= 15 is 0 Å². The topological polar surface area (TPSA) is 150 Å². The van der Waals surface area contributed by atoms with Gasteiger partial charge in [-0.25, -0.2) is 14.2 Å². The van der Waals surface area contributed by atoms with Gasteiger partial charge in [-0.15, -0.1) is 0 Å². The molecule has 0 bridgehead atoms. The maximum Gasteiger partial charge on any atom is 0.490 e. The van der Waals surface area contributed by atoms with Crippen molar-refractivity contribution in [2.45, 2.75) is 30.5 Å². The lowest BCUT2D eigenvalue weighted by molar-refractivity contribution is -0.192. The van der Waals surface area contributed by atoms with Crippen LogP contribution in [0.5, 0.6) is 0 Å². The number of benzene rings is 2. The number of aromatic nitrogens is 4. The Hall–Kier alpha value is -5.57. The van der Waals surface area contributed by atoms with Gasteiger partial charge in [0, 0.05) is 55.5 Å². The Morgan fingerprint density at radius 1 is 1.00 bits per heavy atom. The standard InChI is InChI=1S/C32H30FN7O2.C2HF3O2/c1-38-18-21(16-36-38)27-24(19-6-4-3-5-7-19)25-26-23(17-35-30(25)37-27)39(2)31(42)32(26)12-14-40(15-13-32)28(29(34)41)20-8-10-22(33)11-9-20;3-2(4,5)1(6)7/h3-11,16-18,28H,12-15H2,1-2H3,(H2,34,41)(H,35,37);(H,6,7). The number of carbonyl (C=O) groups excluding carboxylic acids is 2. The molecule has 1 unspecified atom stereocenters. The Bertz CT molecular complexity index is 2050. The molecule has 0 radical (unpaired) electrons. The van der Waals surface area contributed by atoms with Crippen molar-refractivity contribution in [3.63, 3.8) is 0 Å². The molecule has 0 saturated carbocycles. The van der Waals surface area contributed by atoms with E-state index in [4.69, 9.17) is 20.6 Å². The summed E-state index contributed by atoms with van der Waals surface area (Å²) < 4.78 is 47.1. The zero-order valence-corrected chi connectivity index (χ0v) is 26.3. The zero-order chi connectivity index (χ0) is 35.2. The summed E-state index contributed by atoms with van der Waals surface area (Å²) in [6, 6.07) is 15.3. The van der Waals surface area contributed by atoms with Gasteiger partial charge in [-0.2, -0.15) is 18.3 Å². The normalized spacial score (nSPS) is 16.4. The number of likely N-dealkylation sites (N-methyl/N-ethyl adjacent to an activating group) is 1. The number of carboxylic acids is 1. The second kappa shape index (κ2) is 12.5. The molecule has 254 valence electrons. The van der Waals surface area contributed by atoms with Crippen LogP contribution >= 0.6 is 0 Å². The first-order valence-electron chi connectivity index (χ1n) is 15.2. The van der Waals surface area contributed by atoms with E-state index in [1.807, 2.05) is 42.5 Å². The van der Waals surface area contributed by atoms with Crippen LogP contribution in [0.4, 0.5) is 23.2 Å². The van der Waals surface area contributed by atoms with Gasteiger partial charge in [0.15, 0.2) is 0 Å². The van der Waals surface area contributed by atoms with Crippen LogP contribution in [0, 0.1) is 5.82 Å². The van der Waals surface area contributed by atoms with Crippen molar-refractivity contribution in [2.75, 3.05) is 25.0 Å². The fourth-order valence-electron chi connectivity index (χ4n) is 6.91. The number of nitrogens with two attached hydrogens (primary N) is 1. The van der Waals surface area contributed by atoms with Gasteiger partial charge in [0.05, 0.1) is 29.2 Å². The van der Waals surface area contributed by atoms with Gasteiger partial charge in [0.25, 0.3) is 0 Å². The number of aromatic amines is 1. The number of piperidine rings is 1. The van der Waals surface area contributed by atoms with Gasteiger partial charge in [-0.05, 0) is 36.1 Å². The maximum atomic E-state index is 14.2. The molecule has 15 heteroatoms. The molecule has 5 aromatic rings. The number of H-pyrrole nitrogens is 1. The second-order valence-electron chi connectivity index (χ2n) is 12.0. The SMILES string of the molecule is CN1C(=O)C2(CCN(C(C(N)=O)c3ccc(F)cc3)CC2)c2c1cnc1[nH]c(-c3cnn(C)c3)c(-c3ccccc3)c21.O=C(O)C(F)(F)F. The third-order valence-corrected chi connectivity index (χ3v) is 9.13. The minimum absolute atomic E-state index is 0.0204. The van der Waals surface area contributed by atoms with Crippen molar-refractivity contribution < 1.29 is 37.1 Å². The van der Waals surface area contributed by atoms with Crippen LogP contribution in [-0.4, -0.2) is 73.9 Å². The van der Waals surface area contributed by atoms with Gasteiger partial charge in [0.1, 0.15) is 17.5 Å². The average molecular weight is 678 g/mol. The number of fused-ring (bicyclic) bond motifs is 4. The number of primary amides is 1. The van der Waals surface area contributed by atoms with E-state index in [0.717, 1.165) is 39.0 Å². The number of halogens is 4. The lowest BCUT2D eigenvalue weighted by Gasteiger charge is -2.41. The molecule has 3 aromatic heterocycles. The molecular weight excluding hydrogens is 646 g/mol.